The van der Waals surface area contributed by atoms with Crippen LogP contribution < -0.4 is 24.7 Å². The predicted octanol–water partition coefficient (Wildman–Crippen LogP) is 3.25. The van der Waals surface area contributed by atoms with Crippen LogP contribution in [-0.2, 0) is 0 Å². The van der Waals surface area contributed by atoms with Crippen molar-refractivity contribution in [2.24, 2.45) is 0 Å². The lowest BCUT2D eigenvalue weighted by Gasteiger charge is -2.15. The second-order valence-electron chi connectivity index (χ2n) is 5.19. The molecule has 0 saturated heterocycles. The lowest BCUT2D eigenvalue weighted by molar-refractivity contribution is 0.327. The molecule has 0 amide bonds. The van der Waals surface area contributed by atoms with E-state index in [0.717, 1.165) is 16.6 Å². The van der Waals surface area contributed by atoms with E-state index in [2.05, 4.69) is 0 Å². The van der Waals surface area contributed by atoms with E-state index in [9.17, 15) is 0 Å². The fourth-order valence-electron chi connectivity index (χ4n) is 2.85. The van der Waals surface area contributed by atoms with Gasteiger partial charge in [0.1, 0.15) is 5.75 Å². The van der Waals surface area contributed by atoms with E-state index in [1.165, 1.54) is 0 Å². The molecule has 6 heteroatoms. The van der Waals surface area contributed by atoms with Crippen LogP contribution in [0.3, 0.4) is 0 Å². The summed E-state index contributed by atoms with van der Waals surface area (Å²) in [6, 6.07) is 9.53. The highest BCUT2D eigenvalue weighted by Crippen LogP contribution is 2.44. The number of aromatic nitrogens is 1. The number of nitrogens with zero attached hydrogens (tertiary/aromatic N) is 1. The number of hydrogen-bond acceptors (Lipinski definition) is 5. The highest BCUT2D eigenvalue weighted by atomic mass is 16.5. The fourth-order valence-corrected chi connectivity index (χ4v) is 2.85. The maximum absolute atomic E-state index is 6.03. The third kappa shape index (κ3) is 2.36. The minimum Gasteiger partial charge on any atom is -0.495 e. The Morgan fingerprint density at radius 3 is 2.08 bits per heavy atom. The van der Waals surface area contributed by atoms with Gasteiger partial charge in [-0.3, -0.25) is 0 Å². The third-order valence-corrected chi connectivity index (χ3v) is 3.99. The van der Waals surface area contributed by atoms with Gasteiger partial charge in [-0.25, -0.2) is 0 Å². The highest BCUT2D eigenvalue weighted by Gasteiger charge is 2.18. The number of methoxy groups -OCH3 is 4. The SMILES string of the molecule is COc1ccc(-n2ccc3c(OC)c(OC)c(OC)cc32)cc1N. The second kappa shape index (κ2) is 6.23. The smallest absolute Gasteiger partial charge is 0.204 e. The van der Waals surface area contributed by atoms with E-state index < -0.39 is 0 Å². The van der Waals surface area contributed by atoms with Crippen molar-refractivity contribution in [1.29, 1.82) is 0 Å². The van der Waals surface area contributed by atoms with Gasteiger partial charge in [0.05, 0.1) is 39.6 Å². The highest BCUT2D eigenvalue weighted by molar-refractivity contribution is 5.92. The van der Waals surface area contributed by atoms with Crippen LogP contribution in [0.1, 0.15) is 0 Å². The van der Waals surface area contributed by atoms with Gasteiger partial charge in [0.2, 0.25) is 5.75 Å². The molecule has 0 saturated carbocycles. The summed E-state index contributed by atoms with van der Waals surface area (Å²) in [5.41, 5.74) is 8.45. The Kier molecular flexibility index (Phi) is 4.12. The molecule has 0 spiro atoms. The Morgan fingerprint density at radius 2 is 1.50 bits per heavy atom. The lowest BCUT2D eigenvalue weighted by Crippen LogP contribution is -1.99. The van der Waals surface area contributed by atoms with Gasteiger partial charge in [-0.2, -0.15) is 0 Å². The Labute approximate surface area is 140 Å². The maximum atomic E-state index is 6.03. The molecular weight excluding hydrogens is 308 g/mol. The van der Waals surface area contributed by atoms with E-state index in [1.807, 2.05) is 41.1 Å². The molecule has 24 heavy (non-hydrogen) atoms. The van der Waals surface area contributed by atoms with Gasteiger partial charge in [-0.05, 0) is 24.3 Å². The zero-order valence-corrected chi connectivity index (χ0v) is 14.1. The van der Waals surface area contributed by atoms with Crippen molar-refractivity contribution in [3.8, 4) is 28.7 Å². The number of nitrogen functional groups attached to an aromatic ring is 1. The van der Waals surface area contributed by atoms with Gasteiger partial charge < -0.3 is 29.2 Å². The van der Waals surface area contributed by atoms with E-state index >= 15 is 0 Å². The first-order chi connectivity index (χ1) is 11.6. The second-order valence-corrected chi connectivity index (χ2v) is 5.19. The van der Waals surface area contributed by atoms with E-state index in [-0.39, 0.29) is 0 Å². The summed E-state index contributed by atoms with van der Waals surface area (Å²) >= 11 is 0. The molecule has 6 nitrogen and oxygen atoms in total. The summed E-state index contributed by atoms with van der Waals surface area (Å²) in [4.78, 5) is 0. The minimum absolute atomic E-state index is 0.569. The van der Waals surface area contributed by atoms with Gasteiger partial charge in [-0.15, -0.1) is 0 Å². The Morgan fingerprint density at radius 1 is 0.792 bits per heavy atom. The number of hydrogen-bond donors (Lipinski definition) is 1. The summed E-state index contributed by atoms with van der Waals surface area (Å²) in [5, 5.41) is 0.921. The molecule has 126 valence electrons. The molecule has 0 aliphatic rings. The summed E-state index contributed by atoms with van der Waals surface area (Å²) in [7, 11) is 6.40. The van der Waals surface area contributed by atoms with Crippen LogP contribution in [-0.4, -0.2) is 33.0 Å². The molecule has 0 aliphatic carbocycles. The third-order valence-electron chi connectivity index (χ3n) is 3.99. The van der Waals surface area contributed by atoms with Crippen molar-refractivity contribution in [3.63, 3.8) is 0 Å². The molecule has 0 unspecified atom stereocenters. The minimum atomic E-state index is 0.569. The first-order valence-electron chi connectivity index (χ1n) is 7.38. The summed E-state index contributed by atoms with van der Waals surface area (Å²) in [6.45, 7) is 0. The number of anilines is 1. The lowest BCUT2D eigenvalue weighted by atomic mass is 10.2. The van der Waals surface area contributed by atoms with Crippen LogP contribution in [0, 0.1) is 0 Å². The number of benzene rings is 2. The van der Waals surface area contributed by atoms with Crippen molar-refractivity contribution in [3.05, 3.63) is 36.5 Å². The summed E-state index contributed by atoms with van der Waals surface area (Å²) < 4.78 is 23.6. The van der Waals surface area contributed by atoms with Crippen LogP contribution in [0.5, 0.6) is 23.0 Å². The van der Waals surface area contributed by atoms with Crippen molar-refractivity contribution in [2.45, 2.75) is 0 Å². The van der Waals surface area contributed by atoms with Crippen LogP contribution in [0.25, 0.3) is 16.6 Å². The van der Waals surface area contributed by atoms with Crippen LogP contribution >= 0.6 is 0 Å². The van der Waals surface area contributed by atoms with Gasteiger partial charge in [0.25, 0.3) is 0 Å². The number of nitrogens with two attached hydrogens (primary N) is 1. The first kappa shape index (κ1) is 15.9. The number of fused-ring (bicyclic) bond motifs is 1. The molecule has 0 fully saturated rings. The Balaban J connectivity index is 2.25. The summed E-state index contributed by atoms with van der Waals surface area (Å²) in [6.07, 6.45) is 1.95. The maximum Gasteiger partial charge on any atom is 0.204 e. The van der Waals surface area contributed by atoms with Crippen molar-refractivity contribution < 1.29 is 18.9 Å². The number of ether oxygens (including phenoxy) is 4. The van der Waals surface area contributed by atoms with Crippen LogP contribution in [0.15, 0.2) is 36.5 Å². The van der Waals surface area contributed by atoms with Gasteiger partial charge in [0, 0.05) is 23.3 Å². The average molecular weight is 328 g/mol. The van der Waals surface area contributed by atoms with E-state index in [4.69, 9.17) is 24.7 Å². The Hall–Kier alpha value is -3.02. The first-order valence-corrected chi connectivity index (χ1v) is 7.38. The zero-order valence-electron chi connectivity index (χ0n) is 14.1. The topological polar surface area (TPSA) is 67.9 Å². The standard InChI is InChI=1S/C18H20N2O4/c1-21-15-6-5-11(9-13(15)19)20-8-7-12-14(20)10-16(22-2)18(24-4)17(12)23-3/h5-10H,19H2,1-4H3. The molecule has 3 aromatic rings. The molecule has 0 aliphatic heterocycles. The molecule has 1 aromatic heterocycles. The van der Waals surface area contributed by atoms with Crippen molar-refractivity contribution >= 4 is 16.6 Å². The number of rotatable bonds is 5. The van der Waals surface area contributed by atoms with E-state index in [1.54, 1.807) is 28.4 Å². The summed E-state index contributed by atoms with van der Waals surface area (Å²) in [5.74, 6) is 2.45. The Bertz CT molecular complexity index is 886. The van der Waals surface area contributed by atoms with Crippen LogP contribution in [0.4, 0.5) is 5.69 Å². The molecule has 2 N–H and O–H groups in total. The molecule has 0 bridgehead atoms. The molecular formula is C18H20N2O4. The quantitative estimate of drug-likeness (QED) is 0.728. The normalized spacial score (nSPS) is 10.7. The van der Waals surface area contributed by atoms with Crippen molar-refractivity contribution in [1.82, 2.24) is 4.57 Å². The fraction of sp³-hybridized carbons (Fsp3) is 0.222. The molecule has 0 radical (unpaired) electrons. The van der Waals surface area contributed by atoms with Gasteiger partial charge in [-0.1, -0.05) is 0 Å². The monoisotopic (exact) mass is 328 g/mol. The predicted molar refractivity (Wildman–Crippen MR) is 93.9 cm³/mol. The molecule has 1 heterocycles. The van der Waals surface area contributed by atoms with E-state index in [0.29, 0.717) is 28.7 Å². The van der Waals surface area contributed by atoms with Gasteiger partial charge >= 0.3 is 0 Å². The average Bonchev–Trinajstić information content (AvgIpc) is 3.03. The molecule has 3 rings (SSSR count). The molecule has 0 atom stereocenters. The van der Waals surface area contributed by atoms with Gasteiger partial charge in [0.15, 0.2) is 11.5 Å². The van der Waals surface area contributed by atoms with Crippen LogP contribution in [0.2, 0.25) is 0 Å². The largest absolute Gasteiger partial charge is 0.495 e. The van der Waals surface area contributed by atoms with Crippen molar-refractivity contribution in [2.75, 3.05) is 34.2 Å². The zero-order chi connectivity index (χ0) is 17.3. The molecule has 2 aromatic carbocycles.